The molecule has 3 aromatic heterocycles. The van der Waals surface area contributed by atoms with Crippen molar-refractivity contribution in [3.63, 3.8) is 0 Å². The number of nitrogens with zero attached hydrogens (tertiary/aromatic N) is 3. The fraction of sp³-hybridized carbons (Fsp3) is 0.200. The standard InChI is InChI=1S/C23H23N5.C2HF3O2/c1-15-16(2)28-23(27-15)22-12-19(9-10-25-22)20-11-21(14-24-13-20)26-17(3)18-7-5-4-6-8-18;3-2(4,5)1(6)7/h4-14,17,26H,1-3H3,(H,27,28);(H,6,7). The molecule has 0 fully saturated rings. The summed E-state index contributed by atoms with van der Waals surface area (Å²) < 4.78 is 31.7. The molecule has 7 nitrogen and oxygen atoms in total. The van der Waals surface area contributed by atoms with Crippen LogP contribution in [0.5, 0.6) is 0 Å². The third kappa shape index (κ3) is 6.89. The summed E-state index contributed by atoms with van der Waals surface area (Å²) in [6.45, 7) is 6.16. The van der Waals surface area contributed by atoms with Crippen LogP contribution in [0.25, 0.3) is 22.6 Å². The van der Waals surface area contributed by atoms with Crippen LogP contribution in [0.2, 0.25) is 0 Å². The van der Waals surface area contributed by atoms with Crippen LogP contribution in [0.3, 0.4) is 0 Å². The molecule has 0 spiro atoms. The lowest BCUT2D eigenvalue weighted by atomic mass is 10.1. The first-order valence-corrected chi connectivity index (χ1v) is 10.6. The van der Waals surface area contributed by atoms with E-state index in [1.54, 1.807) is 0 Å². The molecule has 0 saturated heterocycles. The quantitative estimate of drug-likeness (QED) is 0.324. The van der Waals surface area contributed by atoms with Crippen molar-refractivity contribution in [2.45, 2.75) is 33.0 Å². The average molecular weight is 483 g/mol. The zero-order chi connectivity index (χ0) is 25.6. The molecule has 10 heteroatoms. The molecule has 0 aliphatic carbocycles. The minimum atomic E-state index is -5.08. The zero-order valence-electron chi connectivity index (χ0n) is 19.3. The smallest absolute Gasteiger partial charge is 0.475 e. The van der Waals surface area contributed by atoms with Crippen molar-refractivity contribution in [2.75, 3.05) is 5.32 Å². The first-order chi connectivity index (χ1) is 16.5. The van der Waals surface area contributed by atoms with Gasteiger partial charge in [-0.1, -0.05) is 30.3 Å². The lowest BCUT2D eigenvalue weighted by molar-refractivity contribution is -0.192. The van der Waals surface area contributed by atoms with Crippen molar-refractivity contribution in [1.29, 1.82) is 0 Å². The fourth-order valence-corrected chi connectivity index (χ4v) is 3.16. The molecule has 0 aliphatic rings. The van der Waals surface area contributed by atoms with Gasteiger partial charge in [0.1, 0.15) is 5.69 Å². The Labute approximate surface area is 200 Å². The third-order valence-corrected chi connectivity index (χ3v) is 5.13. The number of pyridine rings is 2. The highest BCUT2D eigenvalue weighted by atomic mass is 19.4. The van der Waals surface area contributed by atoms with Crippen molar-refractivity contribution < 1.29 is 23.1 Å². The van der Waals surface area contributed by atoms with E-state index >= 15 is 0 Å². The number of rotatable bonds is 5. The van der Waals surface area contributed by atoms with Crippen molar-refractivity contribution in [3.8, 4) is 22.6 Å². The average Bonchev–Trinajstić information content (AvgIpc) is 3.18. The second-order valence-electron chi connectivity index (χ2n) is 7.77. The summed E-state index contributed by atoms with van der Waals surface area (Å²) >= 11 is 0. The molecule has 0 aliphatic heterocycles. The van der Waals surface area contributed by atoms with Gasteiger partial charge in [-0.3, -0.25) is 9.97 Å². The monoisotopic (exact) mass is 483 g/mol. The summed E-state index contributed by atoms with van der Waals surface area (Å²) in [5, 5.41) is 10.7. The van der Waals surface area contributed by atoms with Gasteiger partial charge in [0.25, 0.3) is 0 Å². The van der Waals surface area contributed by atoms with Gasteiger partial charge >= 0.3 is 12.1 Å². The van der Waals surface area contributed by atoms with Crippen molar-refractivity contribution in [2.24, 2.45) is 0 Å². The van der Waals surface area contributed by atoms with E-state index in [0.717, 1.165) is 39.7 Å². The predicted octanol–water partition coefficient (Wildman–Crippen LogP) is 5.96. The number of benzene rings is 1. The number of halogens is 3. The molecule has 1 unspecified atom stereocenters. The summed E-state index contributed by atoms with van der Waals surface area (Å²) in [6, 6.07) is 16.7. The number of aromatic amines is 1. The van der Waals surface area contributed by atoms with E-state index < -0.39 is 12.1 Å². The molecule has 3 heterocycles. The molecule has 182 valence electrons. The summed E-state index contributed by atoms with van der Waals surface area (Å²) in [6.07, 6.45) is 0.449. The number of carbonyl (C=O) groups is 1. The van der Waals surface area contributed by atoms with Crippen molar-refractivity contribution in [1.82, 2.24) is 19.9 Å². The molecule has 35 heavy (non-hydrogen) atoms. The van der Waals surface area contributed by atoms with Crippen LogP contribution in [0.1, 0.15) is 29.9 Å². The van der Waals surface area contributed by atoms with Crippen LogP contribution in [-0.2, 0) is 4.79 Å². The van der Waals surface area contributed by atoms with E-state index in [0.29, 0.717) is 0 Å². The highest BCUT2D eigenvalue weighted by Crippen LogP contribution is 2.26. The molecular formula is C25H24F3N5O2. The van der Waals surface area contributed by atoms with Crippen LogP contribution in [0, 0.1) is 13.8 Å². The molecule has 0 bridgehead atoms. The molecule has 0 saturated carbocycles. The topological polar surface area (TPSA) is 104 Å². The largest absolute Gasteiger partial charge is 0.490 e. The van der Waals surface area contributed by atoms with Gasteiger partial charge < -0.3 is 15.4 Å². The van der Waals surface area contributed by atoms with E-state index in [1.165, 1.54) is 5.56 Å². The van der Waals surface area contributed by atoms with E-state index in [4.69, 9.17) is 9.90 Å². The van der Waals surface area contributed by atoms with Crippen LogP contribution < -0.4 is 5.32 Å². The Kier molecular flexibility index (Phi) is 7.85. The molecule has 4 rings (SSSR count). The number of imidazole rings is 1. The molecule has 0 radical (unpaired) electrons. The van der Waals surface area contributed by atoms with E-state index in [2.05, 4.69) is 62.5 Å². The van der Waals surface area contributed by atoms with Crippen molar-refractivity contribution >= 4 is 11.7 Å². The van der Waals surface area contributed by atoms with E-state index in [9.17, 15) is 13.2 Å². The fourth-order valence-electron chi connectivity index (χ4n) is 3.16. The Morgan fingerprint density at radius 2 is 1.74 bits per heavy atom. The molecule has 1 atom stereocenters. The second kappa shape index (κ2) is 10.8. The zero-order valence-corrected chi connectivity index (χ0v) is 19.3. The summed E-state index contributed by atoms with van der Waals surface area (Å²) in [7, 11) is 0. The minimum Gasteiger partial charge on any atom is -0.475 e. The maximum Gasteiger partial charge on any atom is 0.490 e. The lowest BCUT2D eigenvalue weighted by Crippen LogP contribution is -2.21. The summed E-state index contributed by atoms with van der Waals surface area (Å²) in [5.74, 6) is -1.97. The third-order valence-electron chi connectivity index (χ3n) is 5.13. The predicted molar refractivity (Wildman–Crippen MR) is 127 cm³/mol. The first kappa shape index (κ1) is 25.4. The lowest BCUT2D eigenvalue weighted by Gasteiger charge is -2.16. The number of aliphatic carboxylic acids is 1. The van der Waals surface area contributed by atoms with Gasteiger partial charge in [-0.25, -0.2) is 9.78 Å². The maximum atomic E-state index is 10.6. The number of H-pyrrole nitrogens is 1. The number of hydrogen-bond acceptors (Lipinski definition) is 5. The molecule has 0 amide bonds. The Morgan fingerprint density at radius 3 is 2.34 bits per heavy atom. The van der Waals surface area contributed by atoms with Crippen LogP contribution in [0.4, 0.5) is 18.9 Å². The van der Waals surface area contributed by atoms with Gasteiger partial charge in [-0.2, -0.15) is 13.2 Å². The van der Waals surface area contributed by atoms with Crippen LogP contribution in [-0.4, -0.2) is 37.2 Å². The van der Waals surface area contributed by atoms with Crippen LogP contribution >= 0.6 is 0 Å². The van der Waals surface area contributed by atoms with Gasteiger partial charge in [0.15, 0.2) is 5.82 Å². The van der Waals surface area contributed by atoms with E-state index in [-0.39, 0.29) is 6.04 Å². The second-order valence-corrected chi connectivity index (χ2v) is 7.77. The summed E-state index contributed by atoms with van der Waals surface area (Å²) in [5.41, 5.74) is 7.19. The SMILES string of the molecule is Cc1nc(-c2cc(-c3cncc(NC(C)c4ccccc4)c3)ccn2)[nH]c1C.O=C(O)C(F)(F)F. The number of aryl methyl sites for hydroxylation is 2. The highest BCUT2D eigenvalue weighted by molar-refractivity contribution is 5.73. The van der Waals surface area contributed by atoms with E-state index in [1.807, 2.05) is 50.6 Å². The summed E-state index contributed by atoms with van der Waals surface area (Å²) in [4.78, 5) is 25.6. The number of nitrogens with one attached hydrogen (secondary N) is 2. The number of aromatic nitrogens is 4. The van der Waals surface area contributed by atoms with Gasteiger partial charge in [0.05, 0.1) is 11.4 Å². The molecule has 3 N–H and O–H groups in total. The minimum absolute atomic E-state index is 0.195. The van der Waals surface area contributed by atoms with Gasteiger partial charge in [-0.15, -0.1) is 0 Å². The Balaban J connectivity index is 0.000000429. The maximum absolute atomic E-state index is 10.6. The molecular weight excluding hydrogens is 459 g/mol. The van der Waals surface area contributed by atoms with Crippen LogP contribution in [0.15, 0.2) is 67.1 Å². The number of alkyl halides is 3. The first-order valence-electron chi connectivity index (χ1n) is 10.6. The highest BCUT2D eigenvalue weighted by Gasteiger charge is 2.38. The number of anilines is 1. The molecule has 1 aromatic carbocycles. The van der Waals surface area contributed by atoms with Gasteiger partial charge in [-0.05, 0) is 50.1 Å². The van der Waals surface area contributed by atoms with Gasteiger partial charge in [0, 0.05) is 35.9 Å². The Hall–Kier alpha value is -4.21. The van der Waals surface area contributed by atoms with Crippen molar-refractivity contribution in [3.05, 3.63) is 84.1 Å². The number of hydrogen-bond donors (Lipinski definition) is 3. The van der Waals surface area contributed by atoms with Gasteiger partial charge in [0.2, 0.25) is 0 Å². The normalized spacial score (nSPS) is 11.8. The number of carboxylic acids is 1. The Bertz CT molecular complexity index is 1270. The molecule has 4 aromatic rings. The Morgan fingerprint density at radius 1 is 1.06 bits per heavy atom. The number of carboxylic acid groups (broad SMARTS) is 1.